The van der Waals surface area contributed by atoms with Gasteiger partial charge in [-0.3, -0.25) is 0 Å². The molecule has 0 aromatic carbocycles. The number of aliphatic carboxylic acids is 1. The van der Waals surface area contributed by atoms with Crippen molar-refractivity contribution >= 4 is 5.97 Å². The maximum atomic E-state index is 11.1. The topological polar surface area (TPSA) is 49.8 Å². The smallest absolute Gasteiger partial charge is 0.336 e. The van der Waals surface area contributed by atoms with Crippen molar-refractivity contribution in [3.05, 3.63) is 0 Å². The van der Waals surface area contributed by atoms with Crippen LogP contribution in [0, 0.1) is 0 Å². The number of likely N-dealkylation sites (tertiary alicyclic amines) is 1. The van der Waals surface area contributed by atoms with Gasteiger partial charge in [0.2, 0.25) is 0 Å². The van der Waals surface area contributed by atoms with Crippen molar-refractivity contribution in [3.8, 4) is 0 Å². The van der Waals surface area contributed by atoms with Crippen LogP contribution in [0.15, 0.2) is 0 Å². The second-order valence-corrected chi connectivity index (χ2v) is 3.95. The molecule has 0 radical (unpaired) electrons. The molecule has 0 saturated carbocycles. The van der Waals surface area contributed by atoms with Crippen molar-refractivity contribution in [1.82, 2.24) is 4.90 Å². The normalized spacial score (nSPS) is 22.1. The summed E-state index contributed by atoms with van der Waals surface area (Å²) in [4.78, 5) is 13.3. The average molecular weight is 201 g/mol. The molecule has 1 aliphatic rings. The second kappa shape index (κ2) is 4.75. The summed E-state index contributed by atoms with van der Waals surface area (Å²) in [6.07, 6.45) is 2.06. The quantitative estimate of drug-likeness (QED) is 0.736. The van der Waals surface area contributed by atoms with Crippen LogP contribution in [0.1, 0.15) is 26.2 Å². The van der Waals surface area contributed by atoms with Crippen molar-refractivity contribution in [1.29, 1.82) is 0 Å². The fraction of sp³-hybridized carbons (Fsp3) is 0.900. The lowest BCUT2D eigenvalue weighted by Gasteiger charge is -2.37. The van der Waals surface area contributed by atoms with Crippen LogP contribution in [0.4, 0.5) is 0 Å². The Morgan fingerprint density at radius 3 is 2.50 bits per heavy atom. The van der Waals surface area contributed by atoms with Gasteiger partial charge in [-0.25, -0.2) is 4.79 Å². The number of carbonyl (C=O) groups is 1. The third-order valence-electron chi connectivity index (χ3n) is 2.77. The summed E-state index contributed by atoms with van der Waals surface area (Å²) in [6.45, 7) is 4.13. The summed E-state index contributed by atoms with van der Waals surface area (Å²) in [5, 5.41) is 9.16. The molecule has 4 heteroatoms. The van der Waals surface area contributed by atoms with E-state index in [1.165, 1.54) is 0 Å². The zero-order chi connectivity index (χ0) is 10.6. The van der Waals surface area contributed by atoms with E-state index in [9.17, 15) is 4.79 Å². The summed E-state index contributed by atoms with van der Waals surface area (Å²) in [6, 6.07) is 0. The van der Waals surface area contributed by atoms with Gasteiger partial charge < -0.3 is 14.7 Å². The largest absolute Gasteiger partial charge is 0.479 e. The summed E-state index contributed by atoms with van der Waals surface area (Å²) < 4.78 is 5.50. The number of carboxylic acid groups (broad SMARTS) is 1. The lowest BCUT2D eigenvalue weighted by atomic mass is 9.91. The molecule has 1 heterocycles. The van der Waals surface area contributed by atoms with Gasteiger partial charge >= 0.3 is 5.97 Å². The third kappa shape index (κ3) is 2.45. The second-order valence-electron chi connectivity index (χ2n) is 3.95. The van der Waals surface area contributed by atoms with Crippen molar-refractivity contribution in [2.45, 2.75) is 31.8 Å². The number of rotatable bonds is 4. The Morgan fingerprint density at radius 1 is 1.50 bits per heavy atom. The van der Waals surface area contributed by atoms with Gasteiger partial charge in [-0.15, -0.1) is 0 Å². The molecule has 0 spiro atoms. The van der Waals surface area contributed by atoms with Crippen molar-refractivity contribution in [2.75, 3.05) is 26.7 Å². The monoisotopic (exact) mass is 201 g/mol. The minimum Gasteiger partial charge on any atom is -0.479 e. The van der Waals surface area contributed by atoms with E-state index in [0.717, 1.165) is 19.5 Å². The Hall–Kier alpha value is -0.610. The highest BCUT2D eigenvalue weighted by Gasteiger charge is 2.41. The Bertz CT molecular complexity index is 192. The first-order chi connectivity index (χ1) is 6.60. The van der Waals surface area contributed by atoms with Gasteiger partial charge in [0.1, 0.15) is 0 Å². The molecule has 1 N–H and O–H groups in total. The zero-order valence-corrected chi connectivity index (χ0v) is 8.95. The maximum Gasteiger partial charge on any atom is 0.336 e. The van der Waals surface area contributed by atoms with E-state index in [-0.39, 0.29) is 0 Å². The molecule has 4 nitrogen and oxygen atoms in total. The minimum absolute atomic E-state index is 0.538. The summed E-state index contributed by atoms with van der Waals surface area (Å²) >= 11 is 0. The highest BCUT2D eigenvalue weighted by atomic mass is 16.5. The Morgan fingerprint density at radius 2 is 2.07 bits per heavy atom. The first-order valence-electron chi connectivity index (χ1n) is 5.16. The average Bonchev–Trinajstić information content (AvgIpc) is 2.17. The number of ether oxygens (including phenoxy) is 1. The molecule has 14 heavy (non-hydrogen) atoms. The van der Waals surface area contributed by atoms with E-state index in [1.54, 1.807) is 0 Å². The van der Waals surface area contributed by atoms with Crippen LogP contribution < -0.4 is 0 Å². The van der Waals surface area contributed by atoms with Gasteiger partial charge in [0.25, 0.3) is 0 Å². The molecular formula is C10H19NO3. The molecule has 1 saturated heterocycles. The van der Waals surface area contributed by atoms with Gasteiger partial charge in [-0.1, -0.05) is 6.92 Å². The third-order valence-corrected chi connectivity index (χ3v) is 2.77. The van der Waals surface area contributed by atoms with E-state index in [1.807, 2.05) is 14.0 Å². The Kier molecular flexibility index (Phi) is 3.89. The van der Waals surface area contributed by atoms with Crippen LogP contribution in [0.2, 0.25) is 0 Å². The SMILES string of the molecule is CCCOC1(C(=O)O)CCN(C)CC1. The highest BCUT2D eigenvalue weighted by molar-refractivity contribution is 5.77. The van der Waals surface area contributed by atoms with Gasteiger partial charge in [0.05, 0.1) is 0 Å². The van der Waals surface area contributed by atoms with E-state index in [4.69, 9.17) is 9.84 Å². The van der Waals surface area contributed by atoms with E-state index >= 15 is 0 Å². The van der Waals surface area contributed by atoms with E-state index < -0.39 is 11.6 Å². The predicted octanol–water partition coefficient (Wildman–Crippen LogP) is 0.962. The fourth-order valence-electron chi connectivity index (χ4n) is 1.70. The van der Waals surface area contributed by atoms with Crippen LogP contribution >= 0.6 is 0 Å². The van der Waals surface area contributed by atoms with Gasteiger partial charge in [0.15, 0.2) is 5.60 Å². The number of hydrogen-bond donors (Lipinski definition) is 1. The van der Waals surface area contributed by atoms with Crippen molar-refractivity contribution in [2.24, 2.45) is 0 Å². The van der Waals surface area contributed by atoms with E-state index in [2.05, 4.69) is 4.90 Å². The first-order valence-corrected chi connectivity index (χ1v) is 5.16. The number of carboxylic acids is 1. The molecule has 0 aromatic heterocycles. The van der Waals surface area contributed by atoms with Gasteiger partial charge in [-0.2, -0.15) is 0 Å². The van der Waals surface area contributed by atoms with Crippen LogP contribution in [-0.4, -0.2) is 48.3 Å². The fourth-order valence-corrected chi connectivity index (χ4v) is 1.70. The molecule has 0 atom stereocenters. The first kappa shape index (κ1) is 11.5. The van der Waals surface area contributed by atoms with Crippen LogP contribution in [0.5, 0.6) is 0 Å². The number of nitrogens with zero attached hydrogens (tertiary/aromatic N) is 1. The Labute approximate surface area is 84.8 Å². The summed E-state index contributed by atoms with van der Waals surface area (Å²) in [7, 11) is 2.01. The van der Waals surface area contributed by atoms with Crippen LogP contribution in [-0.2, 0) is 9.53 Å². The molecule has 0 aliphatic carbocycles. The standard InChI is InChI=1S/C10H19NO3/c1-3-8-14-10(9(12)13)4-6-11(2)7-5-10/h3-8H2,1-2H3,(H,12,13). The van der Waals surface area contributed by atoms with E-state index in [0.29, 0.717) is 19.4 Å². The van der Waals surface area contributed by atoms with Crippen molar-refractivity contribution in [3.63, 3.8) is 0 Å². The number of hydrogen-bond acceptors (Lipinski definition) is 3. The molecule has 1 fully saturated rings. The molecule has 1 aliphatic heterocycles. The summed E-state index contributed by atoms with van der Waals surface area (Å²) in [5.74, 6) is -0.806. The van der Waals surface area contributed by atoms with Crippen LogP contribution in [0.25, 0.3) is 0 Å². The molecule has 0 amide bonds. The highest BCUT2D eigenvalue weighted by Crippen LogP contribution is 2.26. The molecule has 82 valence electrons. The lowest BCUT2D eigenvalue weighted by molar-refractivity contribution is -0.172. The van der Waals surface area contributed by atoms with Gasteiger partial charge in [-0.05, 0) is 26.3 Å². The Balaban J connectivity index is 2.58. The maximum absolute atomic E-state index is 11.1. The molecule has 1 rings (SSSR count). The van der Waals surface area contributed by atoms with Crippen molar-refractivity contribution < 1.29 is 14.6 Å². The zero-order valence-electron chi connectivity index (χ0n) is 8.95. The van der Waals surface area contributed by atoms with Gasteiger partial charge in [0, 0.05) is 19.7 Å². The van der Waals surface area contributed by atoms with Crippen LogP contribution in [0.3, 0.4) is 0 Å². The molecule has 0 aromatic rings. The molecule has 0 unspecified atom stereocenters. The molecule has 0 bridgehead atoms. The minimum atomic E-state index is -0.914. The number of piperidine rings is 1. The predicted molar refractivity (Wildman–Crippen MR) is 53.3 cm³/mol. The lowest BCUT2D eigenvalue weighted by Crippen LogP contribution is -2.50. The summed E-state index contributed by atoms with van der Waals surface area (Å²) in [5.41, 5.74) is -0.914. The molecular weight excluding hydrogens is 182 g/mol.